The maximum absolute atomic E-state index is 13.1. The molecule has 4 nitrogen and oxygen atoms in total. The number of nitro groups is 1. The van der Waals surface area contributed by atoms with Crippen LogP contribution < -0.4 is 4.74 Å². The highest BCUT2D eigenvalue weighted by molar-refractivity contribution is 5.61. The molecule has 0 aromatic heterocycles. The Labute approximate surface area is 82.9 Å². The van der Waals surface area contributed by atoms with Crippen LogP contribution in [0.4, 0.5) is 8.78 Å². The summed E-state index contributed by atoms with van der Waals surface area (Å²) in [6, 6.07) is 1.66. The normalized spacial score (nSPS) is 13.9. The van der Waals surface area contributed by atoms with Gasteiger partial charge in [-0.05, 0) is 6.07 Å². The first kappa shape index (κ1) is 9.57. The molecule has 0 spiro atoms. The molecule has 0 atom stereocenters. The van der Waals surface area contributed by atoms with Crippen molar-refractivity contribution in [2.75, 3.05) is 6.61 Å². The molecular weight excluding hydrogens is 208 g/mol. The summed E-state index contributed by atoms with van der Waals surface area (Å²) in [6.45, 7) is -0.317. The summed E-state index contributed by atoms with van der Waals surface area (Å²) in [5.74, 6) is -1.80. The van der Waals surface area contributed by atoms with Crippen molar-refractivity contribution >= 4 is 6.08 Å². The van der Waals surface area contributed by atoms with Gasteiger partial charge in [0.05, 0.1) is 4.92 Å². The van der Waals surface area contributed by atoms with Crippen molar-refractivity contribution in [2.45, 2.75) is 0 Å². The maximum Gasteiger partial charge on any atom is 0.284 e. The molecular formula is C9H5F2NO3. The number of hydrogen-bond donors (Lipinski definition) is 0. The van der Waals surface area contributed by atoms with Gasteiger partial charge in [0, 0.05) is 17.7 Å². The molecule has 0 fully saturated rings. The van der Waals surface area contributed by atoms with E-state index in [-0.39, 0.29) is 23.6 Å². The van der Waals surface area contributed by atoms with E-state index in [9.17, 15) is 18.9 Å². The molecule has 1 aliphatic heterocycles. The lowest BCUT2D eigenvalue weighted by Gasteiger charge is -2.13. The third kappa shape index (κ3) is 1.65. The van der Waals surface area contributed by atoms with Crippen LogP contribution in [0.25, 0.3) is 6.08 Å². The van der Waals surface area contributed by atoms with E-state index in [2.05, 4.69) is 0 Å². The predicted octanol–water partition coefficient (Wildman–Crippen LogP) is 1.97. The number of hydrogen-bond acceptors (Lipinski definition) is 3. The fourth-order valence-corrected chi connectivity index (χ4v) is 1.31. The molecule has 6 heteroatoms. The number of rotatable bonds is 1. The fourth-order valence-electron chi connectivity index (χ4n) is 1.31. The van der Waals surface area contributed by atoms with Crippen LogP contribution in [0, 0.1) is 21.7 Å². The molecule has 1 heterocycles. The Morgan fingerprint density at radius 2 is 2.13 bits per heavy atom. The van der Waals surface area contributed by atoms with Crippen molar-refractivity contribution in [3.8, 4) is 5.75 Å². The van der Waals surface area contributed by atoms with Gasteiger partial charge in [0.15, 0.2) is 18.2 Å². The van der Waals surface area contributed by atoms with Gasteiger partial charge in [-0.25, -0.2) is 8.78 Å². The Balaban J connectivity index is 2.54. The Bertz CT molecular complexity index is 471. The van der Waals surface area contributed by atoms with Crippen molar-refractivity contribution in [2.24, 2.45) is 0 Å². The lowest BCUT2D eigenvalue weighted by atomic mass is 10.1. The van der Waals surface area contributed by atoms with Gasteiger partial charge >= 0.3 is 0 Å². The molecule has 0 unspecified atom stereocenters. The molecule has 0 amide bonds. The zero-order valence-electron chi connectivity index (χ0n) is 7.37. The van der Waals surface area contributed by atoms with E-state index in [4.69, 9.17) is 4.74 Å². The van der Waals surface area contributed by atoms with Gasteiger partial charge < -0.3 is 4.74 Å². The van der Waals surface area contributed by atoms with Crippen LogP contribution >= 0.6 is 0 Å². The summed E-state index contributed by atoms with van der Waals surface area (Å²) in [7, 11) is 0. The molecule has 0 saturated heterocycles. The van der Waals surface area contributed by atoms with Crippen molar-refractivity contribution in [1.82, 2.24) is 0 Å². The monoisotopic (exact) mass is 213 g/mol. The van der Waals surface area contributed by atoms with Gasteiger partial charge in [-0.3, -0.25) is 10.1 Å². The summed E-state index contributed by atoms with van der Waals surface area (Å²) in [5, 5.41) is 10.4. The molecule has 0 saturated carbocycles. The Morgan fingerprint density at radius 1 is 1.40 bits per heavy atom. The molecule has 0 N–H and O–H groups in total. The molecule has 0 radical (unpaired) electrons. The molecule has 15 heavy (non-hydrogen) atoms. The molecule has 0 bridgehead atoms. The largest absolute Gasteiger partial charge is 0.479 e. The second kappa shape index (κ2) is 3.30. The third-order valence-electron chi connectivity index (χ3n) is 1.96. The molecule has 78 valence electrons. The Hall–Kier alpha value is -1.98. The lowest BCUT2D eigenvalue weighted by molar-refractivity contribution is -0.427. The minimum Gasteiger partial charge on any atom is -0.479 e. The van der Waals surface area contributed by atoms with Crippen LogP contribution in [0.15, 0.2) is 17.8 Å². The van der Waals surface area contributed by atoms with E-state index in [0.717, 1.165) is 12.1 Å². The topological polar surface area (TPSA) is 52.4 Å². The first-order chi connectivity index (χ1) is 7.08. The highest BCUT2D eigenvalue weighted by atomic mass is 19.1. The summed E-state index contributed by atoms with van der Waals surface area (Å²) in [4.78, 5) is 9.76. The van der Waals surface area contributed by atoms with E-state index < -0.39 is 16.6 Å². The van der Waals surface area contributed by atoms with Crippen LogP contribution in [0.1, 0.15) is 5.56 Å². The standard InChI is InChI=1S/C9H5F2NO3/c10-6-1-5-2-7(12(13)14)4-15-9(5)8(11)3-6/h1-3H,4H2. The lowest BCUT2D eigenvalue weighted by Crippen LogP contribution is -2.14. The molecule has 1 aliphatic rings. The quantitative estimate of drug-likeness (QED) is 0.529. The third-order valence-corrected chi connectivity index (χ3v) is 1.96. The van der Waals surface area contributed by atoms with Gasteiger partial charge in [0.25, 0.3) is 5.70 Å². The Morgan fingerprint density at radius 3 is 2.80 bits per heavy atom. The number of benzene rings is 1. The minimum absolute atomic E-state index is 0.0467. The smallest absolute Gasteiger partial charge is 0.284 e. The zero-order valence-corrected chi connectivity index (χ0v) is 7.37. The second-order valence-electron chi connectivity index (χ2n) is 2.99. The number of nitrogens with zero attached hydrogens (tertiary/aromatic N) is 1. The zero-order chi connectivity index (χ0) is 11.0. The highest BCUT2D eigenvalue weighted by Crippen LogP contribution is 2.30. The van der Waals surface area contributed by atoms with E-state index in [1.165, 1.54) is 0 Å². The molecule has 2 rings (SSSR count). The van der Waals surface area contributed by atoms with Crippen LogP contribution in [-0.2, 0) is 0 Å². The van der Waals surface area contributed by atoms with Crippen molar-refractivity contribution in [1.29, 1.82) is 0 Å². The SMILES string of the molecule is O=[N+]([O-])C1=Cc2cc(F)cc(F)c2OC1. The van der Waals surface area contributed by atoms with Gasteiger partial charge in [-0.1, -0.05) is 0 Å². The molecule has 1 aromatic rings. The fraction of sp³-hybridized carbons (Fsp3) is 0.111. The average Bonchev–Trinajstić information content (AvgIpc) is 2.16. The first-order valence-corrected chi connectivity index (χ1v) is 4.05. The van der Waals surface area contributed by atoms with E-state index >= 15 is 0 Å². The summed E-state index contributed by atoms with van der Waals surface area (Å²) >= 11 is 0. The van der Waals surface area contributed by atoms with Gasteiger partial charge in [-0.2, -0.15) is 0 Å². The summed E-state index contributed by atoms with van der Waals surface area (Å²) in [5.41, 5.74) is -0.182. The maximum atomic E-state index is 13.1. The van der Waals surface area contributed by atoms with E-state index in [1.807, 2.05) is 0 Å². The van der Waals surface area contributed by atoms with Crippen molar-refractivity contribution < 1.29 is 18.4 Å². The van der Waals surface area contributed by atoms with Gasteiger partial charge in [0.2, 0.25) is 0 Å². The second-order valence-corrected chi connectivity index (χ2v) is 2.99. The summed E-state index contributed by atoms with van der Waals surface area (Å²) < 4.78 is 30.7. The predicted molar refractivity (Wildman–Crippen MR) is 46.8 cm³/mol. The van der Waals surface area contributed by atoms with Crippen LogP contribution in [0.5, 0.6) is 5.75 Å². The van der Waals surface area contributed by atoms with Crippen molar-refractivity contribution in [3.05, 3.63) is 45.1 Å². The van der Waals surface area contributed by atoms with E-state index in [0.29, 0.717) is 6.07 Å². The van der Waals surface area contributed by atoms with E-state index in [1.54, 1.807) is 0 Å². The number of fused-ring (bicyclic) bond motifs is 1. The average molecular weight is 213 g/mol. The molecule has 0 aliphatic carbocycles. The number of ether oxygens (including phenoxy) is 1. The minimum atomic E-state index is -0.858. The van der Waals surface area contributed by atoms with Crippen molar-refractivity contribution in [3.63, 3.8) is 0 Å². The Kier molecular flexibility index (Phi) is 2.11. The van der Waals surface area contributed by atoms with Crippen LogP contribution in [0.2, 0.25) is 0 Å². The number of halogens is 2. The van der Waals surface area contributed by atoms with Crippen LogP contribution in [-0.4, -0.2) is 11.5 Å². The summed E-state index contributed by atoms with van der Waals surface area (Å²) in [6.07, 6.45) is 1.10. The van der Waals surface area contributed by atoms with Crippen LogP contribution in [0.3, 0.4) is 0 Å². The highest BCUT2D eigenvalue weighted by Gasteiger charge is 2.22. The molecule has 1 aromatic carbocycles. The first-order valence-electron chi connectivity index (χ1n) is 4.05. The van der Waals surface area contributed by atoms with Gasteiger partial charge in [-0.15, -0.1) is 0 Å². The van der Waals surface area contributed by atoms with Gasteiger partial charge in [0.1, 0.15) is 5.82 Å².